The van der Waals surface area contributed by atoms with Crippen LogP contribution >= 0.6 is 0 Å². The summed E-state index contributed by atoms with van der Waals surface area (Å²) in [4.78, 5) is 0. The van der Waals surface area contributed by atoms with Gasteiger partial charge in [0.05, 0.1) is 0 Å². The predicted molar refractivity (Wildman–Crippen MR) is 71.6 cm³/mol. The molecule has 0 aliphatic rings. The van der Waals surface area contributed by atoms with Crippen LogP contribution in [0.2, 0.25) is 0 Å². The molecule has 0 atom stereocenters. The van der Waals surface area contributed by atoms with Gasteiger partial charge in [0.15, 0.2) is 0 Å². The number of benzene rings is 2. The molecule has 0 saturated heterocycles. The summed E-state index contributed by atoms with van der Waals surface area (Å²) in [7, 11) is 0. The summed E-state index contributed by atoms with van der Waals surface area (Å²) in [5, 5.41) is 0. The van der Waals surface area contributed by atoms with E-state index in [-0.39, 0.29) is 11.6 Å². The Balaban J connectivity index is 0.000000184. The zero-order chi connectivity index (χ0) is 13.5. The van der Waals surface area contributed by atoms with Crippen molar-refractivity contribution >= 4 is 0 Å². The molecular formula is C16H18F2. The zero-order valence-electron chi connectivity index (χ0n) is 11.0. The molecule has 0 spiro atoms. The Kier molecular flexibility index (Phi) is 5.50. The summed E-state index contributed by atoms with van der Waals surface area (Å²) in [6.45, 7) is 5.85. The normalized spacial score (nSPS) is 9.89. The van der Waals surface area contributed by atoms with E-state index in [2.05, 4.69) is 13.8 Å². The van der Waals surface area contributed by atoms with Gasteiger partial charge >= 0.3 is 0 Å². The molecule has 0 bridgehead atoms. The van der Waals surface area contributed by atoms with E-state index in [4.69, 9.17) is 0 Å². The van der Waals surface area contributed by atoms with Crippen LogP contribution in [0.25, 0.3) is 0 Å². The summed E-state index contributed by atoms with van der Waals surface area (Å²) in [6, 6.07) is 13.4. The molecule has 2 heteroatoms. The van der Waals surface area contributed by atoms with Crippen LogP contribution in [0.3, 0.4) is 0 Å². The van der Waals surface area contributed by atoms with Crippen molar-refractivity contribution in [2.75, 3.05) is 0 Å². The largest absolute Gasteiger partial charge is 0.207 e. The average Bonchev–Trinajstić information content (AvgIpc) is 2.34. The number of hydrogen-bond donors (Lipinski definition) is 0. The van der Waals surface area contributed by atoms with E-state index in [0.717, 1.165) is 5.56 Å². The molecule has 0 saturated carbocycles. The number of halogens is 2. The van der Waals surface area contributed by atoms with Crippen LogP contribution in [0.4, 0.5) is 8.78 Å². The lowest BCUT2D eigenvalue weighted by Gasteiger charge is -2.02. The third kappa shape index (κ3) is 4.66. The molecule has 18 heavy (non-hydrogen) atoms. The molecule has 0 aromatic heterocycles. The van der Waals surface area contributed by atoms with Gasteiger partial charge in [0.2, 0.25) is 0 Å². The monoisotopic (exact) mass is 248 g/mol. The summed E-state index contributed by atoms with van der Waals surface area (Å²) < 4.78 is 24.8. The van der Waals surface area contributed by atoms with Crippen LogP contribution in [0.15, 0.2) is 48.5 Å². The van der Waals surface area contributed by atoms with E-state index < -0.39 is 0 Å². The van der Waals surface area contributed by atoms with Gasteiger partial charge in [0, 0.05) is 0 Å². The maximum Gasteiger partial charge on any atom is 0.126 e. The Morgan fingerprint density at radius 2 is 1.56 bits per heavy atom. The van der Waals surface area contributed by atoms with Crippen LogP contribution in [0.5, 0.6) is 0 Å². The lowest BCUT2D eigenvalue weighted by atomic mass is 10.0. The third-order valence-corrected chi connectivity index (χ3v) is 2.59. The maximum absolute atomic E-state index is 12.5. The van der Waals surface area contributed by atoms with Gasteiger partial charge < -0.3 is 0 Å². The minimum Gasteiger partial charge on any atom is -0.207 e. The molecule has 2 rings (SSSR count). The molecule has 96 valence electrons. The molecule has 2 aromatic carbocycles. The van der Waals surface area contributed by atoms with Crippen LogP contribution in [-0.4, -0.2) is 0 Å². The van der Waals surface area contributed by atoms with Crippen molar-refractivity contribution in [1.82, 2.24) is 0 Å². The molecule has 0 fully saturated rings. The molecule has 0 radical (unpaired) electrons. The van der Waals surface area contributed by atoms with E-state index >= 15 is 0 Å². The van der Waals surface area contributed by atoms with Crippen molar-refractivity contribution in [2.24, 2.45) is 0 Å². The van der Waals surface area contributed by atoms with Gasteiger partial charge in [-0.2, -0.15) is 0 Å². The zero-order valence-corrected chi connectivity index (χ0v) is 11.0. The number of aryl methyl sites for hydroxylation is 1. The van der Waals surface area contributed by atoms with Crippen LogP contribution < -0.4 is 0 Å². The summed E-state index contributed by atoms with van der Waals surface area (Å²) in [5.41, 5.74) is 1.76. The van der Waals surface area contributed by atoms with Crippen LogP contribution in [0.1, 0.15) is 30.9 Å². The molecule has 0 aliphatic carbocycles. The Hall–Kier alpha value is -1.70. The van der Waals surface area contributed by atoms with Gasteiger partial charge in [0.25, 0.3) is 0 Å². The van der Waals surface area contributed by atoms with E-state index in [1.165, 1.54) is 12.1 Å². The van der Waals surface area contributed by atoms with Crippen LogP contribution in [-0.2, 0) is 0 Å². The molecule has 0 N–H and O–H groups in total. The second-order valence-electron chi connectivity index (χ2n) is 4.46. The van der Waals surface area contributed by atoms with Crippen molar-refractivity contribution in [2.45, 2.75) is 26.7 Å². The maximum atomic E-state index is 12.5. The summed E-state index contributed by atoms with van der Waals surface area (Å²) in [6.07, 6.45) is 0. The van der Waals surface area contributed by atoms with Crippen LogP contribution in [0, 0.1) is 18.6 Å². The average molecular weight is 248 g/mol. The molecule has 0 heterocycles. The fourth-order valence-corrected chi connectivity index (χ4v) is 1.42. The van der Waals surface area contributed by atoms with Gasteiger partial charge in [-0.1, -0.05) is 44.2 Å². The van der Waals surface area contributed by atoms with Crippen molar-refractivity contribution in [1.29, 1.82) is 0 Å². The van der Waals surface area contributed by atoms with Gasteiger partial charge in [-0.25, -0.2) is 8.78 Å². The highest BCUT2D eigenvalue weighted by molar-refractivity contribution is 5.19. The Bertz CT molecular complexity index is 469. The van der Waals surface area contributed by atoms with Crippen molar-refractivity contribution in [3.8, 4) is 0 Å². The number of rotatable bonds is 1. The second kappa shape index (κ2) is 6.90. The lowest BCUT2D eigenvalue weighted by Crippen LogP contribution is -1.86. The third-order valence-electron chi connectivity index (χ3n) is 2.59. The van der Waals surface area contributed by atoms with Gasteiger partial charge in [-0.15, -0.1) is 0 Å². The minimum absolute atomic E-state index is 0.132. The fraction of sp³-hybridized carbons (Fsp3) is 0.250. The highest BCUT2D eigenvalue weighted by Gasteiger charge is 1.97. The number of hydrogen-bond acceptors (Lipinski definition) is 0. The molecular weight excluding hydrogens is 230 g/mol. The van der Waals surface area contributed by atoms with Gasteiger partial charge in [-0.05, 0) is 42.2 Å². The quantitative estimate of drug-likeness (QED) is 0.660. The first-order chi connectivity index (χ1) is 8.50. The van der Waals surface area contributed by atoms with E-state index in [1.807, 2.05) is 12.1 Å². The van der Waals surface area contributed by atoms with Gasteiger partial charge in [0.1, 0.15) is 11.6 Å². The summed E-state index contributed by atoms with van der Waals surface area (Å²) in [5.74, 6) is 0.134. The standard InChI is InChI=1S/C9H11F.C7H7F/c1-7(2)8-4-3-5-9(10)6-8;1-6-4-2-3-5-7(6)8/h3-7H,1-2H3;2-5H,1H3. The van der Waals surface area contributed by atoms with Gasteiger partial charge in [-0.3, -0.25) is 0 Å². The van der Waals surface area contributed by atoms with E-state index in [9.17, 15) is 8.78 Å². The van der Waals surface area contributed by atoms with E-state index in [0.29, 0.717) is 11.5 Å². The Morgan fingerprint density at radius 1 is 0.889 bits per heavy atom. The lowest BCUT2D eigenvalue weighted by molar-refractivity contribution is 0.618. The molecule has 0 amide bonds. The predicted octanol–water partition coefficient (Wildman–Crippen LogP) is 5.08. The second-order valence-corrected chi connectivity index (χ2v) is 4.46. The molecule has 0 nitrogen and oxygen atoms in total. The molecule has 0 unspecified atom stereocenters. The first-order valence-corrected chi connectivity index (χ1v) is 5.97. The Labute approximate surface area is 107 Å². The smallest absolute Gasteiger partial charge is 0.126 e. The first-order valence-electron chi connectivity index (χ1n) is 5.97. The highest BCUT2D eigenvalue weighted by atomic mass is 19.1. The fourth-order valence-electron chi connectivity index (χ4n) is 1.42. The SMILES string of the molecule is CC(C)c1cccc(F)c1.Cc1ccccc1F. The first kappa shape index (κ1) is 14.4. The topological polar surface area (TPSA) is 0 Å². The molecule has 0 aliphatic heterocycles. The van der Waals surface area contributed by atoms with Crippen molar-refractivity contribution in [3.05, 3.63) is 71.3 Å². The van der Waals surface area contributed by atoms with E-state index in [1.54, 1.807) is 31.2 Å². The highest BCUT2D eigenvalue weighted by Crippen LogP contribution is 2.14. The summed E-state index contributed by atoms with van der Waals surface area (Å²) >= 11 is 0. The van der Waals surface area contributed by atoms with Crippen molar-refractivity contribution in [3.63, 3.8) is 0 Å². The minimum atomic E-state index is -0.147. The van der Waals surface area contributed by atoms with Crippen molar-refractivity contribution < 1.29 is 8.78 Å². The Morgan fingerprint density at radius 3 is 1.94 bits per heavy atom. The molecule has 2 aromatic rings.